The molecule has 0 aliphatic rings. The Kier molecular flexibility index (Phi) is 4.02. The summed E-state index contributed by atoms with van der Waals surface area (Å²) in [6.45, 7) is 3.00. The number of carbonyl (C=O) groups is 2. The Bertz CT molecular complexity index is 157. The van der Waals surface area contributed by atoms with E-state index in [2.05, 4.69) is 10.1 Å². The average Bonchev–Trinajstić information content (AvgIpc) is 1.82. The molecule has 0 aromatic heterocycles. The fraction of sp³-hybridized carbons (Fsp3) is 0.667. The number of hydrogen-bond donors (Lipinski definition) is 2. The van der Waals surface area contributed by atoms with Gasteiger partial charge in [-0.3, -0.25) is 4.79 Å². The molecule has 5 nitrogen and oxygen atoms in total. The zero-order chi connectivity index (χ0) is 8.85. The van der Waals surface area contributed by atoms with Crippen LogP contribution in [0.15, 0.2) is 0 Å². The molecule has 0 heterocycles. The van der Waals surface area contributed by atoms with Crippen molar-refractivity contribution in [3.05, 3.63) is 0 Å². The molecule has 0 bridgehead atoms. The van der Waals surface area contributed by atoms with Crippen molar-refractivity contribution in [1.82, 2.24) is 5.32 Å². The summed E-state index contributed by atoms with van der Waals surface area (Å²) in [4.78, 5) is 20.2. The SMILES string of the molecule is CC(=O)OC(C)CNC(=O)O. The summed E-state index contributed by atoms with van der Waals surface area (Å²) in [7, 11) is 0. The van der Waals surface area contributed by atoms with Crippen LogP contribution in [0.5, 0.6) is 0 Å². The van der Waals surface area contributed by atoms with Crippen molar-refractivity contribution in [2.75, 3.05) is 6.54 Å². The monoisotopic (exact) mass is 161 g/mol. The van der Waals surface area contributed by atoms with Gasteiger partial charge in [-0.15, -0.1) is 0 Å². The normalized spacial score (nSPS) is 11.8. The van der Waals surface area contributed by atoms with Crippen LogP contribution in [0.1, 0.15) is 13.8 Å². The molecule has 2 N–H and O–H groups in total. The molecule has 1 atom stereocenters. The van der Waals surface area contributed by atoms with Gasteiger partial charge in [-0.05, 0) is 6.92 Å². The van der Waals surface area contributed by atoms with Crippen molar-refractivity contribution in [2.45, 2.75) is 20.0 Å². The molecule has 11 heavy (non-hydrogen) atoms. The zero-order valence-corrected chi connectivity index (χ0v) is 6.46. The maximum Gasteiger partial charge on any atom is 0.404 e. The van der Waals surface area contributed by atoms with Gasteiger partial charge in [-0.1, -0.05) is 0 Å². The summed E-state index contributed by atoms with van der Waals surface area (Å²) in [6, 6.07) is 0. The number of carbonyl (C=O) groups excluding carboxylic acids is 1. The molecule has 64 valence electrons. The molecule has 0 spiro atoms. The van der Waals surface area contributed by atoms with Crippen LogP contribution in [0.2, 0.25) is 0 Å². The number of ether oxygens (including phenoxy) is 1. The molecule has 0 saturated heterocycles. The quantitative estimate of drug-likeness (QED) is 0.580. The second-order valence-corrected chi connectivity index (χ2v) is 2.11. The first-order chi connectivity index (χ1) is 5.02. The summed E-state index contributed by atoms with van der Waals surface area (Å²) in [5, 5.41) is 10.2. The van der Waals surface area contributed by atoms with Gasteiger partial charge in [0, 0.05) is 6.92 Å². The number of carboxylic acid groups (broad SMARTS) is 1. The van der Waals surface area contributed by atoms with Crippen molar-refractivity contribution in [3.8, 4) is 0 Å². The Balaban J connectivity index is 3.44. The highest BCUT2D eigenvalue weighted by Gasteiger charge is 2.05. The van der Waals surface area contributed by atoms with E-state index in [1.165, 1.54) is 6.92 Å². The lowest BCUT2D eigenvalue weighted by atomic mass is 10.4. The van der Waals surface area contributed by atoms with Crippen molar-refractivity contribution >= 4 is 12.1 Å². The fourth-order valence-corrected chi connectivity index (χ4v) is 0.556. The van der Waals surface area contributed by atoms with Crippen LogP contribution in [-0.4, -0.2) is 29.8 Å². The van der Waals surface area contributed by atoms with Gasteiger partial charge in [0.25, 0.3) is 0 Å². The molecule has 5 heteroatoms. The third kappa shape index (κ3) is 6.63. The number of amides is 1. The fourth-order valence-electron chi connectivity index (χ4n) is 0.556. The number of hydrogen-bond acceptors (Lipinski definition) is 3. The topological polar surface area (TPSA) is 75.6 Å². The minimum Gasteiger partial charge on any atom is -0.465 e. The highest BCUT2D eigenvalue weighted by atomic mass is 16.5. The molecule has 1 amide bonds. The Hall–Kier alpha value is -1.26. The highest BCUT2D eigenvalue weighted by molar-refractivity contribution is 5.66. The zero-order valence-electron chi connectivity index (χ0n) is 6.46. The lowest BCUT2D eigenvalue weighted by molar-refractivity contribution is -0.145. The highest BCUT2D eigenvalue weighted by Crippen LogP contribution is 1.88. The number of rotatable bonds is 3. The molecule has 0 aromatic rings. The first-order valence-corrected chi connectivity index (χ1v) is 3.16. The Morgan fingerprint density at radius 3 is 2.55 bits per heavy atom. The van der Waals surface area contributed by atoms with Gasteiger partial charge in [0.2, 0.25) is 0 Å². The number of nitrogens with one attached hydrogen (secondary N) is 1. The lowest BCUT2D eigenvalue weighted by Crippen LogP contribution is -2.31. The largest absolute Gasteiger partial charge is 0.465 e. The average molecular weight is 161 g/mol. The standard InChI is InChI=1S/C6H11NO4/c1-4(11-5(2)8)3-7-6(9)10/h4,7H,3H2,1-2H3,(H,9,10). The Morgan fingerprint density at radius 2 is 2.18 bits per heavy atom. The summed E-state index contributed by atoms with van der Waals surface area (Å²) in [5.41, 5.74) is 0. The van der Waals surface area contributed by atoms with Crippen molar-refractivity contribution in [2.24, 2.45) is 0 Å². The summed E-state index contributed by atoms with van der Waals surface area (Å²) in [6.07, 6.45) is -1.53. The lowest BCUT2D eigenvalue weighted by Gasteiger charge is -2.10. The van der Waals surface area contributed by atoms with Gasteiger partial charge in [0.05, 0.1) is 6.54 Å². The molecular weight excluding hydrogens is 150 g/mol. The van der Waals surface area contributed by atoms with Crippen LogP contribution in [0.4, 0.5) is 4.79 Å². The first kappa shape index (κ1) is 9.74. The first-order valence-electron chi connectivity index (χ1n) is 3.16. The van der Waals surface area contributed by atoms with Crippen molar-refractivity contribution < 1.29 is 19.4 Å². The molecule has 0 saturated carbocycles. The van der Waals surface area contributed by atoms with Gasteiger partial charge in [-0.2, -0.15) is 0 Å². The van der Waals surface area contributed by atoms with E-state index in [1.807, 2.05) is 0 Å². The van der Waals surface area contributed by atoms with Crippen LogP contribution in [0.3, 0.4) is 0 Å². The molecule has 1 unspecified atom stereocenters. The second kappa shape index (κ2) is 4.54. The van der Waals surface area contributed by atoms with Crippen LogP contribution in [0.25, 0.3) is 0 Å². The summed E-state index contributed by atoms with van der Waals surface area (Å²) in [5.74, 6) is -0.412. The van der Waals surface area contributed by atoms with E-state index in [4.69, 9.17) is 5.11 Å². The molecule has 0 aromatic carbocycles. The van der Waals surface area contributed by atoms with Crippen molar-refractivity contribution in [1.29, 1.82) is 0 Å². The van der Waals surface area contributed by atoms with E-state index in [0.29, 0.717) is 0 Å². The predicted octanol–water partition coefficient (Wildman–Crippen LogP) is 0.206. The maximum atomic E-state index is 10.3. The van der Waals surface area contributed by atoms with E-state index in [0.717, 1.165) is 0 Å². The van der Waals surface area contributed by atoms with E-state index in [9.17, 15) is 9.59 Å². The van der Waals surface area contributed by atoms with Crippen LogP contribution in [0, 0.1) is 0 Å². The van der Waals surface area contributed by atoms with Gasteiger partial charge in [0.1, 0.15) is 6.10 Å². The molecular formula is C6H11NO4. The van der Waals surface area contributed by atoms with Crippen LogP contribution >= 0.6 is 0 Å². The molecule has 0 aliphatic heterocycles. The minimum absolute atomic E-state index is 0.120. The molecule has 0 aliphatic carbocycles. The maximum absolute atomic E-state index is 10.3. The third-order valence-electron chi connectivity index (χ3n) is 0.908. The van der Waals surface area contributed by atoms with Gasteiger partial charge < -0.3 is 15.2 Å². The van der Waals surface area contributed by atoms with Crippen molar-refractivity contribution in [3.63, 3.8) is 0 Å². The van der Waals surface area contributed by atoms with Crippen LogP contribution in [-0.2, 0) is 9.53 Å². The van der Waals surface area contributed by atoms with E-state index in [1.54, 1.807) is 6.92 Å². The predicted molar refractivity (Wildman–Crippen MR) is 37.3 cm³/mol. The Labute approximate surface area is 64.3 Å². The Morgan fingerprint density at radius 1 is 1.64 bits per heavy atom. The molecule has 0 radical (unpaired) electrons. The third-order valence-corrected chi connectivity index (χ3v) is 0.908. The smallest absolute Gasteiger partial charge is 0.404 e. The second-order valence-electron chi connectivity index (χ2n) is 2.11. The van der Waals surface area contributed by atoms with E-state index < -0.39 is 18.2 Å². The summed E-state index contributed by atoms with van der Waals surface area (Å²) < 4.78 is 4.64. The van der Waals surface area contributed by atoms with E-state index >= 15 is 0 Å². The summed E-state index contributed by atoms with van der Waals surface area (Å²) >= 11 is 0. The van der Waals surface area contributed by atoms with Gasteiger partial charge >= 0.3 is 12.1 Å². The van der Waals surface area contributed by atoms with E-state index in [-0.39, 0.29) is 6.54 Å². The van der Waals surface area contributed by atoms with Gasteiger partial charge in [-0.25, -0.2) is 4.79 Å². The van der Waals surface area contributed by atoms with Crippen LogP contribution < -0.4 is 5.32 Å². The number of esters is 1. The minimum atomic E-state index is -1.12. The molecule has 0 fully saturated rings. The molecule has 0 rings (SSSR count). The van der Waals surface area contributed by atoms with Gasteiger partial charge in [0.15, 0.2) is 0 Å².